The van der Waals surface area contributed by atoms with Crippen molar-refractivity contribution >= 4 is 11.9 Å². The molecule has 0 spiro atoms. The summed E-state index contributed by atoms with van der Waals surface area (Å²) in [4.78, 5) is 24.5. The van der Waals surface area contributed by atoms with Crippen LogP contribution in [0.15, 0.2) is 24.3 Å². The number of carbonyl (C=O) groups excluding carboxylic acids is 2. The fourth-order valence-corrected chi connectivity index (χ4v) is 9.34. The third-order valence-electron chi connectivity index (χ3n) is 14.0. The van der Waals surface area contributed by atoms with Crippen molar-refractivity contribution in [1.82, 2.24) is 5.32 Å². The number of aliphatic hydroxyl groups is 2. The number of hydrogen-bond acceptors (Lipinski definition) is 5. The molecule has 3 N–H and O–H groups in total. The number of unbranched alkanes of at least 4 members (excludes halogenated alkanes) is 43. The highest BCUT2D eigenvalue weighted by molar-refractivity contribution is 5.76. The Morgan fingerprint density at radius 3 is 1.06 bits per heavy atom. The quantitative estimate of drug-likeness (QED) is 0.0321. The number of nitrogens with one attached hydrogen (secondary N) is 1. The molecule has 2 unspecified atom stereocenters. The first kappa shape index (κ1) is 65.3. The van der Waals surface area contributed by atoms with Gasteiger partial charge in [-0.05, 0) is 57.8 Å². The van der Waals surface area contributed by atoms with Crippen LogP contribution in [0.3, 0.4) is 0 Å². The van der Waals surface area contributed by atoms with Crippen LogP contribution in [0.25, 0.3) is 0 Å². The second-order valence-electron chi connectivity index (χ2n) is 20.7. The number of ether oxygens (including phenoxy) is 1. The fraction of sp³-hybridized carbons (Fsp3) is 0.902. The first-order chi connectivity index (χ1) is 33.0. The van der Waals surface area contributed by atoms with Gasteiger partial charge < -0.3 is 20.3 Å². The third kappa shape index (κ3) is 53.5. The van der Waals surface area contributed by atoms with Crippen molar-refractivity contribution in [1.29, 1.82) is 0 Å². The van der Waals surface area contributed by atoms with Crippen molar-refractivity contribution in [2.75, 3.05) is 13.2 Å². The van der Waals surface area contributed by atoms with E-state index in [1.54, 1.807) is 6.08 Å². The van der Waals surface area contributed by atoms with Gasteiger partial charge in [-0.15, -0.1) is 0 Å². The molecule has 396 valence electrons. The van der Waals surface area contributed by atoms with Crippen molar-refractivity contribution in [2.24, 2.45) is 0 Å². The molecule has 0 aliphatic carbocycles. The monoisotopic (exact) mass is 944 g/mol. The maximum Gasteiger partial charge on any atom is 0.305 e. The molecule has 0 aromatic rings. The Bertz CT molecular complexity index is 1040. The largest absolute Gasteiger partial charge is 0.466 e. The van der Waals surface area contributed by atoms with Gasteiger partial charge in [0.2, 0.25) is 5.91 Å². The summed E-state index contributed by atoms with van der Waals surface area (Å²) in [7, 11) is 0. The summed E-state index contributed by atoms with van der Waals surface area (Å²) in [6.07, 6.45) is 69.2. The minimum atomic E-state index is -0.847. The first-order valence-corrected chi connectivity index (χ1v) is 30.1. The van der Waals surface area contributed by atoms with Crippen LogP contribution in [0, 0.1) is 0 Å². The van der Waals surface area contributed by atoms with Crippen molar-refractivity contribution in [3.63, 3.8) is 0 Å². The van der Waals surface area contributed by atoms with E-state index in [1.807, 2.05) is 6.08 Å². The lowest BCUT2D eigenvalue weighted by atomic mass is 10.0. The van der Waals surface area contributed by atoms with Gasteiger partial charge in [-0.1, -0.05) is 282 Å². The first-order valence-electron chi connectivity index (χ1n) is 30.1. The molecular weight excluding hydrogens is 827 g/mol. The van der Waals surface area contributed by atoms with E-state index in [2.05, 4.69) is 31.3 Å². The highest BCUT2D eigenvalue weighted by atomic mass is 16.5. The second kappa shape index (κ2) is 56.9. The lowest BCUT2D eigenvalue weighted by Gasteiger charge is -2.20. The van der Waals surface area contributed by atoms with Gasteiger partial charge in [0.1, 0.15) is 0 Å². The smallest absolute Gasteiger partial charge is 0.305 e. The Morgan fingerprint density at radius 1 is 0.403 bits per heavy atom. The van der Waals surface area contributed by atoms with Crippen LogP contribution in [0.4, 0.5) is 0 Å². The van der Waals surface area contributed by atoms with E-state index < -0.39 is 12.1 Å². The Hall–Kier alpha value is -1.66. The number of carbonyl (C=O) groups is 2. The molecule has 6 nitrogen and oxygen atoms in total. The topological polar surface area (TPSA) is 95.9 Å². The zero-order chi connectivity index (χ0) is 48.6. The molecule has 2 atom stereocenters. The predicted octanol–water partition coefficient (Wildman–Crippen LogP) is 18.6. The Morgan fingerprint density at radius 2 is 0.701 bits per heavy atom. The molecule has 0 bridgehead atoms. The van der Waals surface area contributed by atoms with E-state index >= 15 is 0 Å². The maximum absolute atomic E-state index is 12.5. The normalized spacial score (nSPS) is 12.7. The van der Waals surface area contributed by atoms with Crippen LogP contribution >= 0.6 is 0 Å². The average molecular weight is 945 g/mol. The molecule has 6 heteroatoms. The standard InChI is InChI=1S/C61H117NO5/c1-3-5-7-9-11-13-15-17-19-25-29-33-37-41-45-49-53-59(64)58(57-63)62-60(65)54-50-46-42-38-34-30-26-23-21-22-24-28-32-36-40-44-48-52-56-67-61(66)55-51-47-43-39-35-31-27-20-18-16-14-12-10-8-6-4-2/h20,27,49,53,58-59,63-64H,3-19,21-26,28-48,50-52,54-57H2,1-2H3,(H,62,65)/b27-20-,53-49+. The lowest BCUT2D eigenvalue weighted by Crippen LogP contribution is -2.45. The highest BCUT2D eigenvalue weighted by Crippen LogP contribution is 2.17. The number of amides is 1. The Labute approximate surface area is 418 Å². The van der Waals surface area contributed by atoms with Crippen LogP contribution in [0.5, 0.6) is 0 Å². The molecule has 1 amide bonds. The maximum atomic E-state index is 12.5. The molecule has 0 radical (unpaired) electrons. The number of hydrogen-bond donors (Lipinski definition) is 3. The van der Waals surface area contributed by atoms with E-state index in [0.29, 0.717) is 19.4 Å². The zero-order valence-corrected chi connectivity index (χ0v) is 45.1. The second-order valence-corrected chi connectivity index (χ2v) is 20.7. The Kier molecular flexibility index (Phi) is 55.5. The molecule has 67 heavy (non-hydrogen) atoms. The van der Waals surface area contributed by atoms with Crippen molar-refractivity contribution in [2.45, 2.75) is 341 Å². The number of rotatable bonds is 56. The summed E-state index contributed by atoms with van der Waals surface area (Å²) in [6.45, 7) is 4.91. The van der Waals surface area contributed by atoms with Gasteiger partial charge in [-0.25, -0.2) is 0 Å². The minimum Gasteiger partial charge on any atom is -0.466 e. The third-order valence-corrected chi connectivity index (χ3v) is 14.0. The van der Waals surface area contributed by atoms with Crippen LogP contribution in [-0.4, -0.2) is 47.4 Å². The van der Waals surface area contributed by atoms with Gasteiger partial charge >= 0.3 is 5.97 Å². The molecular formula is C61H117NO5. The number of aliphatic hydroxyl groups excluding tert-OH is 2. The van der Waals surface area contributed by atoms with E-state index in [0.717, 1.165) is 44.9 Å². The summed E-state index contributed by atoms with van der Waals surface area (Å²) < 4.78 is 5.48. The molecule has 0 saturated carbocycles. The van der Waals surface area contributed by atoms with E-state index in [9.17, 15) is 19.8 Å². The molecule has 0 heterocycles. The van der Waals surface area contributed by atoms with E-state index in [4.69, 9.17) is 4.74 Å². The van der Waals surface area contributed by atoms with Gasteiger partial charge in [-0.3, -0.25) is 9.59 Å². The summed E-state index contributed by atoms with van der Waals surface area (Å²) in [5.74, 6) is -0.0709. The summed E-state index contributed by atoms with van der Waals surface area (Å²) >= 11 is 0. The summed E-state index contributed by atoms with van der Waals surface area (Å²) in [5, 5.41) is 23.1. The van der Waals surface area contributed by atoms with Crippen LogP contribution in [-0.2, 0) is 14.3 Å². The van der Waals surface area contributed by atoms with Crippen molar-refractivity contribution in [3.8, 4) is 0 Å². The molecule has 0 rings (SSSR count). The summed E-state index contributed by atoms with van der Waals surface area (Å²) in [5.41, 5.74) is 0. The molecule has 0 aromatic heterocycles. The Balaban J connectivity index is 3.43. The predicted molar refractivity (Wildman–Crippen MR) is 292 cm³/mol. The molecule has 0 aliphatic heterocycles. The number of allylic oxidation sites excluding steroid dienone is 3. The molecule has 0 fully saturated rings. The summed E-state index contributed by atoms with van der Waals surface area (Å²) in [6, 6.07) is -0.631. The zero-order valence-electron chi connectivity index (χ0n) is 45.1. The molecule has 0 saturated heterocycles. The van der Waals surface area contributed by atoms with Crippen LogP contribution in [0.1, 0.15) is 328 Å². The molecule has 0 aliphatic rings. The van der Waals surface area contributed by atoms with Crippen LogP contribution < -0.4 is 5.32 Å². The van der Waals surface area contributed by atoms with Gasteiger partial charge in [0.05, 0.1) is 25.4 Å². The van der Waals surface area contributed by atoms with Crippen LogP contribution in [0.2, 0.25) is 0 Å². The number of esters is 1. The molecule has 0 aromatic carbocycles. The fourth-order valence-electron chi connectivity index (χ4n) is 9.34. The highest BCUT2D eigenvalue weighted by Gasteiger charge is 2.18. The van der Waals surface area contributed by atoms with Gasteiger partial charge in [-0.2, -0.15) is 0 Å². The minimum absolute atomic E-state index is 0.000558. The van der Waals surface area contributed by atoms with Gasteiger partial charge in [0.15, 0.2) is 0 Å². The van der Waals surface area contributed by atoms with E-state index in [-0.39, 0.29) is 18.5 Å². The van der Waals surface area contributed by atoms with Gasteiger partial charge in [0.25, 0.3) is 0 Å². The average Bonchev–Trinajstić information content (AvgIpc) is 3.33. The SMILES string of the molecule is CCCCCCCCC/C=C\CCCCCCCC(=O)OCCCCCCCCCCCCCCCCCCCCC(=O)NC(CO)C(O)/C=C/CCCCCCCCCCCCCCCC. The van der Waals surface area contributed by atoms with Crippen molar-refractivity contribution in [3.05, 3.63) is 24.3 Å². The van der Waals surface area contributed by atoms with Crippen molar-refractivity contribution < 1.29 is 24.5 Å². The lowest BCUT2D eigenvalue weighted by molar-refractivity contribution is -0.143. The van der Waals surface area contributed by atoms with E-state index in [1.165, 1.54) is 257 Å². The van der Waals surface area contributed by atoms with Gasteiger partial charge in [0, 0.05) is 12.8 Å².